The fourth-order valence-corrected chi connectivity index (χ4v) is 1.61. The molecule has 0 aromatic heterocycles. The van der Waals surface area contributed by atoms with E-state index in [9.17, 15) is 18.0 Å². The quantitative estimate of drug-likeness (QED) is 0.746. The van der Waals surface area contributed by atoms with Gasteiger partial charge in [-0.2, -0.15) is 24.9 Å². The highest BCUT2D eigenvalue weighted by Gasteiger charge is 2.38. The number of hydrogen-bond donors (Lipinski definition) is 0. The Balaban J connectivity index is 2.85. The van der Waals surface area contributed by atoms with Gasteiger partial charge in [0.25, 0.3) is 5.78 Å². The van der Waals surface area contributed by atoms with Gasteiger partial charge in [0.2, 0.25) is 0 Å². The Morgan fingerprint density at radius 2 is 1.80 bits per heavy atom. The third kappa shape index (κ3) is 3.27. The van der Waals surface area contributed by atoms with Crippen molar-refractivity contribution >= 4 is 17.5 Å². The van der Waals surface area contributed by atoms with E-state index in [1.54, 1.807) is 11.8 Å². The van der Waals surface area contributed by atoms with E-state index in [0.717, 1.165) is 11.3 Å². The van der Waals surface area contributed by atoms with Gasteiger partial charge in [-0.15, -0.1) is 0 Å². The molecule has 0 unspecified atom stereocenters. The number of Topliss-reactive ketones (excluding diaryl/α,β-unsaturated/α-hetero) is 1. The highest BCUT2D eigenvalue weighted by atomic mass is 32.2. The van der Waals surface area contributed by atoms with Crippen molar-refractivity contribution in [2.45, 2.75) is 11.9 Å². The zero-order valence-electron chi connectivity index (χ0n) is 7.97. The van der Waals surface area contributed by atoms with Crippen molar-refractivity contribution in [2.75, 3.05) is 6.26 Å². The zero-order chi connectivity index (χ0) is 11.5. The minimum Gasteiger partial charge on any atom is -0.284 e. The molecule has 0 aliphatic rings. The number of halogens is 3. The normalized spacial score (nSPS) is 11.5. The van der Waals surface area contributed by atoms with Crippen LogP contribution in [0.4, 0.5) is 13.2 Å². The summed E-state index contributed by atoms with van der Waals surface area (Å²) < 4.78 is 36.1. The van der Waals surface area contributed by atoms with E-state index >= 15 is 0 Å². The van der Waals surface area contributed by atoms with Crippen molar-refractivity contribution in [3.63, 3.8) is 0 Å². The smallest absolute Gasteiger partial charge is 0.284 e. The number of carbonyl (C=O) groups is 1. The maximum atomic E-state index is 12.0. The van der Waals surface area contributed by atoms with Gasteiger partial charge in [-0.05, 0) is 11.8 Å². The lowest BCUT2D eigenvalue weighted by Crippen LogP contribution is -2.22. The van der Waals surface area contributed by atoms with E-state index in [4.69, 9.17) is 0 Å². The Labute approximate surface area is 89.7 Å². The Bertz CT molecular complexity index is 343. The van der Waals surface area contributed by atoms with Crippen LogP contribution in [0.1, 0.15) is 15.9 Å². The Morgan fingerprint density at radius 1 is 1.27 bits per heavy atom. The number of hydrogen-bond acceptors (Lipinski definition) is 2. The van der Waals surface area contributed by atoms with Gasteiger partial charge >= 0.3 is 6.18 Å². The molecule has 82 valence electrons. The molecular formula is C10H9F3OS. The SMILES string of the molecule is CSCc1ccc(C(=O)C(F)(F)F)cc1. The first-order valence-corrected chi connectivity index (χ1v) is 5.54. The fourth-order valence-electron chi connectivity index (χ4n) is 1.08. The van der Waals surface area contributed by atoms with Crippen LogP contribution >= 0.6 is 11.8 Å². The molecule has 0 amide bonds. The van der Waals surface area contributed by atoms with Crippen LogP contribution in [0.2, 0.25) is 0 Å². The molecule has 5 heteroatoms. The van der Waals surface area contributed by atoms with Gasteiger partial charge in [0.1, 0.15) is 0 Å². The van der Waals surface area contributed by atoms with Crippen molar-refractivity contribution in [1.82, 2.24) is 0 Å². The van der Waals surface area contributed by atoms with Crippen LogP contribution in [0, 0.1) is 0 Å². The maximum absolute atomic E-state index is 12.0. The second-order valence-electron chi connectivity index (χ2n) is 2.96. The molecule has 0 heterocycles. The van der Waals surface area contributed by atoms with Crippen LogP contribution in [0.5, 0.6) is 0 Å². The summed E-state index contributed by atoms with van der Waals surface area (Å²) in [6.45, 7) is 0. The number of benzene rings is 1. The van der Waals surface area contributed by atoms with Gasteiger partial charge in [0.05, 0.1) is 0 Å². The van der Waals surface area contributed by atoms with Gasteiger partial charge in [-0.25, -0.2) is 0 Å². The van der Waals surface area contributed by atoms with Crippen molar-refractivity contribution in [2.24, 2.45) is 0 Å². The van der Waals surface area contributed by atoms with E-state index in [-0.39, 0.29) is 5.56 Å². The summed E-state index contributed by atoms with van der Waals surface area (Å²) in [7, 11) is 0. The zero-order valence-corrected chi connectivity index (χ0v) is 8.78. The van der Waals surface area contributed by atoms with Crippen LogP contribution in [-0.2, 0) is 5.75 Å². The van der Waals surface area contributed by atoms with Crippen LogP contribution in [0.3, 0.4) is 0 Å². The third-order valence-electron chi connectivity index (χ3n) is 1.78. The summed E-state index contributed by atoms with van der Waals surface area (Å²) in [5, 5.41) is 0. The molecule has 1 rings (SSSR count). The van der Waals surface area contributed by atoms with Crippen molar-refractivity contribution in [1.29, 1.82) is 0 Å². The van der Waals surface area contributed by atoms with Gasteiger partial charge in [0.15, 0.2) is 0 Å². The predicted molar refractivity (Wildman–Crippen MR) is 54.0 cm³/mol. The summed E-state index contributed by atoms with van der Waals surface area (Å²) in [5.41, 5.74) is 0.591. The highest BCUT2D eigenvalue weighted by molar-refractivity contribution is 7.97. The van der Waals surface area contributed by atoms with Crippen LogP contribution in [-0.4, -0.2) is 18.2 Å². The molecule has 0 saturated heterocycles. The maximum Gasteiger partial charge on any atom is 0.454 e. The number of rotatable bonds is 3. The van der Waals surface area contributed by atoms with E-state index < -0.39 is 12.0 Å². The molecular weight excluding hydrogens is 225 g/mol. The molecule has 0 fully saturated rings. The molecule has 1 aromatic rings. The fraction of sp³-hybridized carbons (Fsp3) is 0.300. The average Bonchev–Trinajstić information content (AvgIpc) is 2.17. The second-order valence-corrected chi connectivity index (χ2v) is 3.82. The lowest BCUT2D eigenvalue weighted by atomic mass is 10.1. The first kappa shape index (κ1) is 12.1. The molecule has 0 aliphatic carbocycles. The molecule has 1 aromatic carbocycles. The summed E-state index contributed by atoms with van der Waals surface area (Å²) in [6.07, 6.45) is -2.89. The highest BCUT2D eigenvalue weighted by Crippen LogP contribution is 2.22. The number of carbonyl (C=O) groups excluding carboxylic acids is 1. The van der Waals surface area contributed by atoms with Gasteiger partial charge in [-0.3, -0.25) is 4.79 Å². The standard InChI is InChI=1S/C10H9F3OS/c1-15-6-7-2-4-8(5-3-7)9(14)10(11,12)13/h2-5H,6H2,1H3. The summed E-state index contributed by atoms with van der Waals surface area (Å²) in [4.78, 5) is 10.8. The monoisotopic (exact) mass is 234 g/mol. The van der Waals surface area contributed by atoms with Gasteiger partial charge in [-0.1, -0.05) is 24.3 Å². The van der Waals surface area contributed by atoms with Crippen LogP contribution in [0.25, 0.3) is 0 Å². The minimum absolute atomic E-state index is 0.313. The lowest BCUT2D eigenvalue weighted by Gasteiger charge is -2.05. The molecule has 0 aliphatic heterocycles. The molecule has 0 atom stereocenters. The molecule has 15 heavy (non-hydrogen) atoms. The van der Waals surface area contributed by atoms with Crippen molar-refractivity contribution < 1.29 is 18.0 Å². The molecule has 1 nitrogen and oxygen atoms in total. The molecule has 0 N–H and O–H groups in total. The third-order valence-corrected chi connectivity index (χ3v) is 2.41. The Hall–Kier alpha value is -0.970. The summed E-state index contributed by atoms with van der Waals surface area (Å²) >= 11 is 1.57. The minimum atomic E-state index is -4.79. The van der Waals surface area contributed by atoms with E-state index in [1.165, 1.54) is 24.3 Å². The predicted octanol–water partition coefficient (Wildman–Crippen LogP) is 3.29. The average molecular weight is 234 g/mol. The van der Waals surface area contributed by atoms with E-state index in [0.29, 0.717) is 0 Å². The largest absolute Gasteiger partial charge is 0.454 e. The van der Waals surface area contributed by atoms with Crippen LogP contribution in [0.15, 0.2) is 24.3 Å². The molecule has 0 radical (unpaired) electrons. The summed E-state index contributed by atoms with van der Waals surface area (Å²) in [6, 6.07) is 5.49. The first-order chi connectivity index (χ1) is 6.95. The summed E-state index contributed by atoms with van der Waals surface area (Å²) in [5.74, 6) is -1.07. The Morgan fingerprint density at radius 3 is 2.20 bits per heavy atom. The Kier molecular flexibility index (Phi) is 3.79. The van der Waals surface area contributed by atoms with E-state index in [1.807, 2.05) is 6.26 Å². The number of alkyl halides is 3. The van der Waals surface area contributed by atoms with Crippen molar-refractivity contribution in [3.05, 3.63) is 35.4 Å². The lowest BCUT2D eigenvalue weighted by molar-refractivity contribution is -0.0885. The first-order valence-electron chi connectivity index (χ1n) is 4.14. The molecule has 0 bridgehead atoms. The van der Waals surface area contributed by atoms with E-state index in [2.05, 4.69) is 0 Å². The second kappa shape index (κ2) is 4.70. The van der Waals surface area contributed by atoms with Crippen molar-refractivity contribution in [3.8, 4) is 0 Å². The topological polar surface area (TPSA) is 17.1 Å². The number of thioether (sulfide) groups is 1. The van der Waals surface area contributed by atoms with Crippen LogP contribution < -0.4 is 0 Å². The molecule has 0 spiro atoms. The van der Waals surface area contributed by atoms with Gasteiger partial charge in [0, 0.05) is 11.3 Å². The molecule has 0 saturated carbocycles. The van der Waals surface area contributed by atoms with Gasteiger partial charge < -0.3 is 0 Å². The number of ketones is 1.